The third-order valence-corrected chi connectivity index (χ3v) is 6.19. The second-order valence-electron chi connectivity index (χ2n) is 7.66. The van der Waals surface area contributed by atoms with Crippen molar-refractivity contribution in [3.63, 3.8) is 0 Å². The number of hydrogen-bond donors (Lipinski definition) is 2. The van der Waals surface area contributed by atoms with Crippen molar-refractivity contribution < 1.29 is 4.74 Å². The Bertz CT molecular complexity index is 322. The second-order valence-corrected chi connectivity index (χ2v) is 7.66. The maximum atomic E-state index is 5.67. The lowest BCUT2D eigenvalue weighted by Crippen LogP contribution is -2.52. The molecule has 0 aromatic heterocycles. The predicted octanol–water partition coefficient (Wildman–Crippen LogP) is 2.00. The molecule has 4 nitrogen and oxygen atoms in total. The van der Waals surface area contributed by atoms with Crippen molar-refractivity contribution >= 4 is 0 Å². The largest absolute Gasteiger partial charge is 0.379 e. The van der Waals surface area contributed by atoms with Gasteiger partial charge >= 0.3 is 0 Å². The molecule has 3 rings (SSSR count). The van der Waals surface area contributed by atoms with Crippen LogP contribution >= 0.6 is 0 Å². The fourth-order valence-corrected chi connectivity index (χ4v) is 4.88. The van der Waals surface area contributed by atoms with E-state index in [0.29, 0.717) is 12.1 Å². The van der Waals surface area contributed by atoms with Gasteiger partial charge in [-0.1, -0.05) is 12.8 Å². The van der Waals surface area contributed by atoms with Gasteiger partial charge in [0, 0.05) is 43.8 Å². The molecular weight excluding hydrogens is 274 g/mol. The fourth-order valence-electron chi connectivity index (χ4n) is 4.88. The van der Waals surface area contributed by atoms with Crippen LogP contribution in [0.3, 0.4) is 0 Å². The van der Waals surface area contributed by atoms with Gasteiger partial charge in [-0.15, -0.1) is 0 Å². The van der Waals surface area contributed by atoms with E-state index in [2.05, 4.69) is 29.4 Å². The van der Waals surface area contributed by atoms with Crippen LogP contribution in [0.4, 0.5) is 0 Å². The number of rotatable bonds is 5. The minimum Gasteiger partial charge on any atom is -0.379 e. The minimum absolute atomic E-state index is 0.571. The number of piperidine rings is 1. The monoisotopic (exact) mass is 309 g/mol. The van der Waals surface area contributed by atoms with E-state index in [1.165, 1.54) is 45.1 Å². The van der Waals surface area contributed by atoms with Gasteiger partial charge in [0.15, 0.2) is 0 Å². The molecular formula is C18H35N3O. The Morgan fingerprint density at radius 1 is 1.09 bits per heavy atom. The van der Waals surface area contributed by atoms with Crippen molar-refractivity contribution in [2.24, 2.45) is 5.92 Å². The molecule has 0 aromatic rings. The van der Waals surface area contributed by atoms with Crippen LogP contribution in [0.2, 0.25) is 0 Å². The van der Waals surface area contributed by atoms with E-state index in [1.54, 1.807) is 0 Å². The topological polar surface area (TPSA) is 36.5 Å². The summed E-state index contributed by atoms with van der Waals surface area (Å²) in [6, 6.07) is 2.79. The zero-order chi connectivity index (χ0) is 15.4. The lowest BCUT2D eigenvalue weighted by Gasteiger charge is -2.39. The van der Waals surface area contributed by atoms with Gasteiger partial charge < -0.3 is 15.4 Å². The Kier molecular flexibility index (Phi) is 6.14. The molecule has 1 aliphatic carbocycles. The number of likely N-dealkylation sites (tertiary alicyclic amines) is 1. The summed E-state index contributed by atoms with van der Waals surface area (Å²) in [4.78, 5) is 2.71. The number of morpholine rings is 1. The molecule has 0 amide bonds. The van der Waals surface area contributed by atoms with Crippen LogP contribution in [0.15, 0.2) is 0 Å². The lowest BCUT2D eigenvalue weighted by molar-refractivity contribution is 0.0516. The molecule has 5 unspecified atom stereocenters. The highest BCUT2D eigenvalue weighted by Crippen LogP contribution is 2.29. The first-order chi connectivity index (χ1) is 10.8. The second kappa shape index (κ2) is 8.09. The van der Waals surface area contributed by atoms with Gasteiger partial charge in [-0.3, -0.25) is 4.90 Å². The van der Waals surface area contributed by atoms with E-state index in [-0.39, 0.29) is 0 Å². The number of hydrogen-bond acceptors (Lipinski definition) is 4. The summed E-state index contributed by atoms with van der Waals surface area (Å²) in [5.74, 6) is 0.761. The van der Waals surface area contributed by atoms with Gasteiger partial charge in [-0.2, -0.15) is 0 Å². The summed E-state index contributed by atoms with van der Waals surface area (Å²) in [6.07, 6.45) is 8.23. The van der Waals surface area contributed by atoms with Crippen molar-refractivity contribution in [3.8, 4) is 0 Å². The van der Waals surface area contributed by atoms with Gasteiger partial charge in [-0.25, -0.2) is 0 Å². The molecule has 2 N–H and O–H groups in total. The van der Waals surface area contributed by atoms with Crippen molar-refractivity contribution in [3.05, 3.63) is 0 Å². The summed E-state index contributed by atoms with van der Waals surface area (Å²) in [7, 11) is 0. The van der Waals surface area contributed by atoms with Crippen molar-refractivity contribution in [1.29, 1.82) is 0 Å². The van der Waals surface area contributed by atoms with Gasteiger partial charge in [0.1, 0.15) is 0 Å². The summed E-state index contributed by atoms with van der Waals surface area (Å²) < 4.78 is 5.67. The highest BCUT2D eigenvalue weighted by molar-refractivity contribution is 4.92. The van der Waals surface area contributed by atoms with Crippen molar-refractivity contribution in [1.82, 2.24) is 15.5 Å². The molecule has 5 atom stereocenters. The van der Waals surface area contributed by atoms with Crippen LogP contribution < -0.4 is 10.6 Å². The predicted molar refractivity (Wildman–Crippen MR) is 91.2 cm³/mol. The third kappa shape index (κ3) is 4.02. The first-order valence-corrected chi connectivity index (χ1v) is 9.56. The molecule has 3 fully saturated rings. The molecule has 3 aliphatic rings. The molecule has 0 bridgehead atoms. The molecule has 2 aliphatic heterocycles. The van der Waals surface area contributed by atoms with Crippen molar-refractivity contribution in [2.75, 3.05) is 32.8 Å². The van der Waals surface area contributed by atoms with E-state index < -0.39 is 0 Å². The van der Waals surface area contributed by atoms with E-state index in [0.717, 1.165) is 44.3 Å². The maximum Gasteiger partial charge on any atom is 0.0623 e. The molecule has 2 heterocycles. The van der Waals surface area contributed by atoms with Crippen LogP contribution in [0.5, 0.6) is 0 Å². The maximum absolute atomic E-state index is 5.67. The lowest BCUT2D eigenvalue weighted by atomic mass is 9.94. The van der Waals surface area contributed by atoms with Crippen LogP contribution in [0, 0.1) is 5.92 Å². The zero-order valence-corrected chi connectivity index (χ0v) is 14.5. The Labute approximate surface area is 136 Å². The zero-order valence-electron chi connectivity index (χ0n) is 14.5. The Hall–Kier alpha value is -0.160. The number of nitrogens with zero attached hydrogens (tertiary/aromatic N) is 1. The highest BCUT2D eigenvalue weighted by Gasteiger charge is 2.34. The standard InChI is InChI=1S/C18H35N3O/c1-14-5-3-6-15(2)21(14)11-9-19-17-8-4-7-16(17)18-13-22-12-10-20-18/h14-20H,3-13H2,1-2H3. The summed E-state index contributed by atoms with van der Waals surface area (Å²) in [5, 5.41) is 7.55. The third-order valence-electron chi connectivity index (χ3n) is 6.19. The molecule has 22 heavy (non-hydrogen) atoms. The van der Waals surface area contributed by atoms with E-state index in [4.69, 9.17) is 4.74 Å². The van der Waals surface area contributed by atoms with Crippen molar-refractivity contribution in [2.45, 2.75) is 76.5 Å². The van der Waals surface area contributed by atoms with Gasteiger partial charge in [0.05, 0.1) is 13.2 Å². The number of ether oxygens (including phenoxy) is 1. The van der Waals surface area contributed by atoms with Crippen LogP contribution in [0.1, 0.15) is 52.4 Å². The van der Waals surface area contributed by atoms with E-state index in [1.807, 2.05) is 0 Å². The molecule has 0 radical (unpaired) electrons. The average molecular weight is 309 g/mol. The van der Waals surface area contributed by atoms with Gasteiger partial charge in [0.25, 0.3) is 0 Å². The quantitative estimate of drug-likeness (QED) is 0.814. The molecule has 0 aromatic carbocycles. The SMILES string of the molecule is CC1CCCC(C)N1CCNC1CCCC1C1COCCN1. The van der Waals surface area contributed by atoms with Crippen LogP contribution in [-0.2, 0) is 4.74 Å². The van der Waals surface area contributed by atoms with E-state index in [9.17, 15) is 0 Å². The Balaban J connectivity index is 1.44. The van der Waals surface area contributed by atoms with Gasteiger partial charge in [-0.05, 0) is 45.4 Å². The smallest absolute Gasteiger partial charge is 0.0623 e. The molecule has 2 saturated heterocycles. The first kappa shape index (κ1) is 16.7. The van der Waals surface area contributed by atoms with E-state index >= 15 is 0 Å². The fraction of sp³-hybridized carbons (Fsp3) is 1.00. The average Bonchev–Trinajstić information content (AvgIpc) is 2.99. The van der Waals surface area contributed by atoms with Crippen LogP contribution in [-0.4, -0.2) is 61.9 Å². The highest BCUT2D eigenvalue weighted by atomic mass is 16.5. The summed E-state index contributed by atoms with van der Waals surface area (Å²) in [5.41, 5.74) is 0. The first-order valence-electron chi connectivity index (χ1n) is 9.56. The Morgan fingerprint density at radius 2 is 1.86 bits per heavy atom. The Morgan fingerprint density at radius 3 is 2.59 bits per heavy atom. The van der Waals surface area contributed by atoms with Gasteiger partial charge in [0.2, 0.25) is 0 Å². The number of nitrogens with one attached hydrogen (secondary N) is 2. The minimum atomic E-state index is 0.571. The summed E-state index contributed by atoms with van der Waals surface area (Å²) >= 11 is 0. The normalized spacial score (nSPS) is 40.9. The molecule has 0 spiro atoms. The summed E-state index contributed by atoms with van der Waals surface area (Å²) in [6.45, 7) is 9.96. The molecule has 4 heteroatoms. The molecule has 128 valence electrons. The van der Waals surface area contributed by atoms with Crippen LogP contribution in [0.25, 0.3) is 0 Å². The molecule has 1 saturated carbocycles.